The van der Waals surface area contributed by atoms with Gasteiger partial charge in [0.1, 0.15) is 5.75 Å². The molecule has 0 aliphatic heterocycles. The lowest BCUT2D eigenvalue weighted by Crippen LogP contribution is -2.39. The lowest BCUT2D eigenvalue weighted by Gasteiger charge is -2.27. The molecule has 0 aromatic heterocycles. The summed E-state index contributed by atoms with van der Waals surface area (Å²) in [4.78, 5) is 4.18. The first-order valence-corrected chi connectivity index (χ1v) is 10.2. The van der Waals surface area contributed by atoms with Crippen LogP contribution < -0.4 is 10.6 Å². The predicted octanol–water partition coefficient (Wildman–Crippen LogP) is 3.04. The fourth-order valence-electron chi connectivity index (χ4n) is 3.13. The van der Waals surface area contributed by atoms with Crippen molar-refractivity contribution in [2.75, 3.05) is 6.54 Å². The van der Waals surface area contributed by atoms with Gasteiger partial charge in [-0.25, -0.2) is 0 Å². The first-order chi connectivity index (χ1) is 14.7. The van der Waals surface area contributed by atoms with Crippen LogP contribution in [0.3, 0.4) is 0 Å². The molecule has 7 nitrogen and oxygen atoms in total. The molecule has 7 heteroatoms. The summed E-state index contributed by atoms with van der Waals surface area (Å²) in [5.41, 5.74) is 2.25. The van der Waals surface area contributed by atoms with E-state index in [-0.39, 0.29) is 11.7 Å². The third-order valence-electron chi connectivity index (χ3n) is 4.52. The topological polar surface area (TPSA) is 106 Å². The van der Waals surface area contributed by atoms with Crippen LogP contribution in [0.2, 0.25) is 0 Å². The van der Waals surface area contributed by atoms with Crippen molar-refractivity contribution in [3.05, 3.63) is 72.6 Å². The van der Waals surface area contributed by atoms with Crippen molar-refractivity contribution in [3.8, 4) is 5.75 Å². The zero-order valence-corrected chi connectivity index (χ0v) is 18.3. The Kier molecular flexibility index (Phi) is 9.21. The van der Waals surface area contributed by atoms with Crippen molar-refractivity contribution in [1.82, 2.24) is 10.6 Å². The van der Waals surface area contributed by atoms with Crippen LogP contribution in [0.1, 0.15) is 32.8 Å². The molecule has 168 valence electrons. The Bertz CT molecular complexity index is 853. The SMILES string of the molecule is C=CNC=CC=NC(O)C1C=CC(CNC(O)OC(C)(C)C)=C(c2cccc(O)c2)C1. The minimum Gasteiger partial charge on any atom is -0.508 e. The summed E-state index contributed by atoms with van der Waals surface area (Å²) >= 11 is 0. The Labute approximate surface area is 184 Å². The fourth-order valence-corrected chi connectivity index (χ4v) is 3.13. The summed E-state index contributed by atoms with van der Waals surface area (Å²) in [6, 6.07) is 6.99. The van der Waals surface area contributed by atoms with Gasteiger partial charge in [0, 0.05) is 24.9 Å². The molecular formula is C24H33N3O4. The Morgan fingerprint density at radius 2 is 2.10 bits per heavy atom. The Balaban J connectivity index is 2.17. The molecule has 2 rings (SSSR count). The van der Waals surface area contributed by atoms with Crippen molar-refractivity contribution in [2.24, 2.45) is 10.9 Å². The Morgan fingerprint density at radius 3 is 2.77 bits per heavy atom. The number of phenols is 1. The monoisotopic (exact) mass is 427 g/mol. The van der Waals surface area contributed by atoms with Gasteiger partial charge in [0.2, 0.25) is 6.41 Å². The van der Waals surface area contributed by atoms with Crippen molar-refractivity contribution >= 4 is 11.8 Å². The molecule has 1 aromatic carbocycles. The number of benzene rings is 1. The number of allylic oxidation sites excluding steroid dienone is 2. The highest BCUT2D eigenvalue weighted by Gasteiger charge is 2.24. The van der Waals surface area contributed by atoms with Crippen molar-refractivity contribution in [3.63, 3.8) is 0 Å². The smallest absolute Gasteiger partial charge is 0.214 e. The van der Waals surface area contributed by atoms with Crippen molar-refractivity contribution in [1.29, 1.82) is 0 Å². The van der Waals surface area contributed by atoms with E-state index in [0.29, 0.717) is 13.0 Å². The molecule has 1 aromatic rings. The van der Waals surface area contributed by atoms with Crippen LogP contribution in [0.4, 0.5) is 0 Å². The number of hydrogen-bond acceptors (Lipinski definition) is 7. The van der Waals surface area contributed by atoms with E-state index in [1.165, 1.54) is 12.4 Å². The molecule has 0 amide bonds. The Morgan fingerprint density at radius 1 is 1.32 bits per heavy atom. The maximum Gasteiger partial charge on any atom is 0.214 e. The summed E-state index contributed by atoms with van der Waals surface area (Å²) in [7, 11) is 0. The minimum absolute atomic E-state index is 0.165. The van der Waals surface area contributed by atoms with Crippen molar-refractivity contribution < 1.29 is 20.1 Å². The maximum atomic E-state index is 10.5. The fraction of sp³-hybridized carbons (Fsp3) is 0.375. The van der Waals surface area contributed by atoms with Gasteiger partial charge in [0.15, 0.2) is 6.23 Å². The predicted molar refractivity (Wildman–Crippen MR) is 124 cm³/mol. The highest BCUT2D eigenvalue weighted by molar-refractivity contribution is 5.74. The average Bonchev–Trinajstić information content (AvgIpc) is 2.70. The van der Waals surface area contributed by atoms with E-state index in [9.17, 15) is 15.3 Å². The van der Waals surface area contributed by atoms with Crippen LogP contribution in [0.15, 0.2) is 72.0 Å². The molecule has 0 saturated heterocycles. The van der Waals surface area contributed by atoms with Crippen LogP contribution >= 0.6 is 0 Å². The van der Waals surface area contributed by atoms with E-state index in [1.807, 2.05) is 39.0 Å². The first-order valence-electron chi connectivity index (χ1n) is 10.2. The van der Waals surface area contributed by atoms with Crippen LogP contribution in [-0.4, -0.2) is 46.3 Å². The van der Waals surface area contributed by atoms with E-state index in [4.69, 9.17) is 4.74 Å². The number of hydrogen-bond donors (Lipinski definition) is 5. The molecule has 5 N–H and O–H groups in total. The minimum atomic E-state index is -1.12. The number of phenolic OH excluding ortho intramolecular Hbond substituents is 1. The molecule has 0 radical (unpaired) electrons. The zero-order chi connectivity index (χ0) is 22.9. The standard InChI is InChI=1S/C24H33N3O4/c1-5-25-12-7-13-26-22(29)18-10-11-19(16-27-23(30)31-24(2,3)4)21(15-18)17-8-6-9-20(28)14-17/h5-14,18,22-23,25,27-30H,1,15-16H2,2-4H3. The quantitative estimate of drug-likeness (QED) is 0.290. The van der Waals surface area contributed by atoms with Gasteiger partial charge in [0.05, 0.1) is 5.60 Å². The third-order valence-corrected chi connectivity index (χ3v) is 4.52. The normalized spacial score (nSPS) is 19.2. The summed E-state index contributed by atoms with van der Waals surface area (Å²) in [5, 5.41) is 36.3. The van der Waals surface area contributed by atoms with Crippen LogP contribution in [-0.2, 0) is 4.74 Å². The third kappa shape index (κ3) is 8.51. The molecule has 3 unspecified atom stereocenters. The summed E-state index contributed by atoms with van der Waals surface area (Å²) < 4.78 is 5.50. The molecule has 1 aliphatic rings. The van der Waals surface area contributed by atoms with E-state index >= 15 is 0 Å². The maximum absolute atomic E-state index is 10.5. The van der Waals surface area contributed by atoms with Gasteiger partial charge >= 0.3 is 0 Å². The van der Waals surface area contributed by atoms with E-state index in [0.717, 1.165) is 16.7 Å². The lowest BCUT2D eigenvalue weighted by atomic mass is 9.84. The van der Waals surface area contributed by atoms with Gasteiger partial charge in [-0.1, -0.05) is 30.9 Å². The largest absolute Gasteiger partial charge is 0.508 e. The van der Waals surface area contributed by atoms with Crippen LogP contribution in [0.25, 0.3) is 5.57 Å². The second-order valence-corrected chi connectivity index (χ2v) is 8.19. The zero-order valence-electron chi connectivity index (χ0n) is 18.3. The molecule has 0 fully saturated rings. The molecule has 0 heterocycles. The van der Waals surface area contributed by atoms with Gasteiger partial charge in [0.25, 0.3) is 0 Å². The van der Waals surface area contributed by atoms with Crippen LogP contribution in [0, 0.1) is 5.92 Å². The summed E-state index contributed by atoms with van der Waals surface area (Å²) in [6.45, 7) is 9.50. The van der Waals surface area contributed by atoms with Gasteiger partial charge in [-0.3, -0.25) is 10.3 Å². The van der Waals surface area contributed by atoms with Gasteiger partial charge in [-0.2, -0.15) is 0 Å². The molecule has 0 bridgehead atoms. The number of aliphatic hydroxyl groups excluding tert-OH is 2. The second kappa shape index (κ2) is 11.6. The summed E-state index contributed by atoms with van der Waals surface area (Å²) in [6.07, 6.45) is 8.73. The number of rotatable bonds is 10. The molecular weight excluding hydrogens is 394 g/mol. The van der Waals surface area contributed by atoms with Gasteiger partial charge in [-0.15, -0.1) is 0 Å². The highest BCUT2D eigenvalue weighted by atomic mass is 16.6. The first kappa shape index (κ1) is 24.6. The molecule has 0 spiro atoms. The average molecular weight is 428 g/mol. The van der Waals surface area contributed by atoms with Crippen LogP contribution in [0.5, 0.6) is 5.75 Å². The van der Waals surface area contributed by atoms with Gasteiger partial charge in [-0.05, 0) is 68.3 Å². The number of nitrogens with zero attached hydrogens (tertiary/aromatic N) is 1. The molecule has 1 aliphatic carbocycles. The number of aliphatic imine (C=N–C) groups is 1. The van der Waals surface area contributed by atoms with E-state index < -0.39 is 18.2 Å². The number of ether oxygens (including phenoxy) is 1. The van der Waals surface area contributed by atoms with Crippen molar-refractivity contribution in [2.45, 2.75) is 45.4 Å². The van der Waals surface area contributed by atoms with E-state index in [1.54, 1.807) is 30.5 Å². The Hall–Kier alpha value is -2.71. The number of aromatic hydroxyl groups is 1. The lowest BCUT2D eigenvalue weighted by molar-refractivity contribution is -0.180. The second-order valence-electron chi connectivity index (χ2n) is 8.19. The number of aliphatic hydroxyl groups is 2. The number of nitrogens with one attached hydrogen (secondary N) is 2. The van der Waals surface area contributed by atoms with E-state index in [2.05, 4.69) is 22.2 Å². The molecule has 31 heavy (non-hydrogen) atoms. The molecule has 0 saturated carbocycles. The highest BCUT2D eigenvalue weighted by Crippen LogP contribution is 2.34. The summed E-state index contributed by atoms with van der Waals surface area (Å²) in [5.74, 6) is -0.0631. The molecule has 3 atom stereocenters. The van der Waals surface area contributed by atoms with Gasteiger partial charge < -0.3 is 25.4 Å².